The molecule has 0 aromatic carbocycles. The van der Waals surface area contributed by atoms with Gasteiger partial charge in [0.2, 0.25) is 0 Å². The lowest BCUT2D eigenvalue weighted by Crippen LogP contribution is -2.12. The number of nitrogens with zero attached hydrogens (tertiary/aromatic N) is 3. The molecule has 0 aliphatic rings. The van der Waals surface area contributed by atoms with E-state index in [9.17, 15) is 13.2 Å². The summed E-state index contributed by atoms with van der Waals surface area (Å²) in [6.07, 6.45) is -1.73. The third-order valence-electron chi connectivity index (χ3n) is 2.23. The second-order valence-corrected chi connectivity index (χ2v) is 4.54. The Morgan fingerprint density at radius 2 is 2.22 bits per heavy atom. The second-order valence-electron chi connectivity index (χ2n) is 3.79. The highest BCUT2D eigenvalue weighted by molar-refractivity contribution is 6.20. The van der Waals surface area contributed by atoms with Crippen molar-refractivity contribution in [2.75, 3.05) is 11.9 Å². The van der Waals surface area contributed by atoms with Gasteiger partial charge in [-0.2, -0.15) is 18.3 Å². The maximum absolute atomic E-state index is 12.5. The Morgan fingerprint density at radius 1 is 1.50 bits per heavy atom. The van der Waals surface area contributed by atoms with Crippen molar-refractivity contribution >= 4 is 22.9 Å². The van der Waals surface area contributed by atoms with E-state index in [-0.39, 0.29) is 10.9 Å². The third-order valence-corrected chi connectivity index (χ3v) is 2.39. The summed E-state index contributed by atoms with van der Waals surface area (Å²) in [5, 5.41) is 6.18. The van der Waals surface area contributed by atoms with Crippen LogP contribution in [0.2, 0.25) is 0 Å². The number of hydrogen-bond acceptors (Lipinski definition) is 3. The van der Waals surface area contributed by atoms with Gasteiger partial charge in [-0.15, -0.1) is 11.6 Å². The van der Waals surface area contributed by atoms with Crippen LogP contribution < -0.4 is 5.32 Å². The van der Waals surface area contributed by atoms with E-state index in [1.807, 2.05) is 0 Å². The molecule has 1 unspecified atom stereocenters. The van der Waals surface area contributed by atoms with Crippen LogP contribution in [0.4, 0.5) is 19.0 Å². The molecule has 0 bridgehead atoms. The summed E-state index contributed by atoms with van der Waals surface area (Å²) in [6, 6.07) is 0.953. The van der Waals surface area contributed by atoms with Gasteiger partial charge in [-0.25, -0.2) is 9.50 Å². The lowest BCUT2D eigenvalue weighted by Gasteiger charge is -2.07. The summed E-state index contributed by atoms with van der Waals surface area (Å²) in [4.78, 5) is 3.98. The minimum Gasteiger partial charge on any atom is -0.367 e. The van der Waals surface area contributed by atoms with Crippen molar-refractivity contribution < 1.29 is 13.2 Å². The number of halogens is 4. The van der Waals surface area contributed by atoms with Crippen LogP contribution in [0.1, 0.15) is 12.6 Å². The van der Waals surface area contributed by atoms with Gasteiger partial charge in [0.15, 0.2) is 11.5 Å². The van der Waals surface area contributed by atoms with Crippen molar-refractivity contribution in [3.05, 3.63) is 24.2 Å². The predicted molar refractivity (Wildman–Crippen MR) is 61.8 cm³/mol. The first-order valence-electron chi connectivity index (χ1n) is 5.17. The Labute approximate surface area is 106 Å². The number of aromatic nitrogens is 3. The first kappa shape index (κ1) is 12.9. The highest BCUT2D eigenvalue weighted by Crippen LogP contribution is 2.29. The zero-order chi connectivity index (χ0) is 13.3. The molecule has 0 saturated carbocycles. The minimum atomic E-state index is -4.47. The summed E-state index contributed by atoms with van der Waals surface area (Å²) >= 11 is 5.76. The Kier molecular flexibility index (Phi) is 3.34. The maximum atomic E-state index is 12.5. The molecule has 2 aromatic rings. The van der Waals surface area contributed by atoms with Gasteiger partial charge in [-0.1, -0.05) is 0 Å². The van der Waals surface area contributed by atoms with Crippen molar-refractivity contribution in [3.63, 3.8) is 0 Å². The molecule has 0 aliphatic heterocycles. The molecule has 1 atom stereocenters. The van der Waals surface area contributed by atoms with Crippen molar-refractivity contribution in [2.24, 2.45) is 0 Å². The van der Waals surface area contributed by atoms with E-state index < -0.39 is 11.9 Å². The highest BCUT2D eigenvalue weighted by atomic mass is 35.5. The zero-order valence-corrected chi connectivity index (χ0v) is 10.1. The quantitative estimate of drug-likeness (QED) is 0.878. The van der Waals surface area contributed by atoms with Gasteiger partial charge in [0.1, 0.15) is 5.52 Å². The normalized spacial score (nSPS) is 13.8. The molecule has 8 heteroatoms. The molecular weight excluding hydrogens is 269 g/mol. The van der Waals surface area contributed by atoms with Crippen LogP contribution in [-0.2, 0) is 6.18 Å². The van der Waals surface area contributed by atoms with Gasteiger partial charge < -0.3 is 5.32 Å². The van der Waals surface area contributed by atoms with E-state index in [4.69, 9.17) is 11.6 Å². The first-order chi connectivity index (χ1) is 8.38. The van der Waals surface area contributed by atoms with Gasteiger partial charge in [0.05, 0.1) is 0 Å². The lowest BCUT2D eigenvalue weighted by atomic mass is 10.3. The Bertz CT molecular complexity index is 550. The lowest BCUT2D eigenvalue weighted by molar-refractivity contribution is -0.141. The number of alkyl halides is 4. The fourth-order valence-corrected chi connectivity index (χ4v) is 1.51. The molecule has 18 heavy (non-hydrogen) atoms. The second kappa shape index (κ2) is 4.64. The van der Waals surface area contributed by atoms with Crippen LogP contribution >= 0.6 is 11.6 Å². The highest BCUT2D eigenvalue weighted by Gasteiger charge is 2.34. The Hall–Kier alpha value is -1.50. The predicted octanol–water partition coefficient (Wildman–Crippen LogP) is 2.79. The van der Waals surface area contributed by atoms with Crippen LogP contribution in [-0.4, -0.2) is 26.5 Å². The molecule has 0 spiro atoms. The fourth-order valence-electron chi connectivity index (χ4n) is 1.43. The van der Waals surface area contributed by atoms with E-state index in [2.05, 4.69) is 15.4 Å². The van der Waals surface area contributed by atoms with Gasteiger partial charge in [-0.05, 0) is 6.92 Å². The summed E-state index contributed by atoms with van der Waals surface area (Å²) in [5.74, 6) is 0.327. The molecule has 2 heterocycles. The average molecular weight is 279 g/mol. The van der Waals surface area contributed by atoms with Crippen LogP contribution in [0.25, 0.3) is 5.52 Å². The molecule has 0 aliphatic carbocycles. The monoisotopic (exact) mass is 278 g/mol. The maximum Gasteiger partial charge on any atom is 0.435 e. The van der Waals surface area contributed by atoms with Gasteiger partial charge in [0.25, 0.3) is 0 Å². The number of nitrogens with one attached hydrogen (secondary N) is 1. The Morgan fingerprint density at radius 3 is 2.83 bits per heavy atom. The minimum absolute atomic E-state index is 0.155. The Balaban J connectivity index is 2.39. The van der Waals surface area contributed by atoms with Crippen LogP contribution in [0.15, 0.2) is 18.5 Å². The van der Waals surface area contributed by atoms with E-state index in [0.29, 0.717) is 12.4 Å². The average Bonchev–Trinajstić information content (AvgIpc) is 2.69. The standard InChI is InChI=1S/C10H10ClF3N4/c1-6(11)5-16-9-7-4-8(10(12,13)14)17-18(7)3-2-15-9/h2-4,6H,5H2,1H3,(H,15,16). The number of hydrogen-bond donors (Lipinski definition) is 1. The number of fused-ring (bicyclic) bond motifs is 1. The van der Waals surface area contributed by atoms with Gasteiger partial charge in [-0.3, -0.25) is 0 Å². The van der Waals surface area contributed by atoms with Crippen LogP contribution in [0, 0.1) is 0 Å². The summed E-state index contributed by atoms with van der Waals surface area (Å²) in [5.41, 5.74) is -0.681. The molecule has 0 radical (unpaired) electrons. The van der Waals surface area contributed by atoms with E-state index in [1.165, 1.54) is 12.4 Å². The van der Waals surface area contributed by atoms with Gasteiger partial charge >= 0.3 is 6.18 Å². The zero-order valence-electron chi connectivity index (χ0n) is 9.37. The molecule has 0 fully saturated rings. The molecule has 0 amide bonds. The van der Waals surface area contributed by atoms with Crippen molar-refractivity contribution in [2.45, 2.75) is 18.5 Å². The third kappa shape index (κ3) is 2.66. The number of rotatable bonds is 3. The van der Waals surface area contributed by atoms with E-state index in [1.54, 1.807) is 6.92 Å². The molecule has 1 N–H and O–H groups in total. The molecule has 2 aromatic heterocycles. The van der Waals surface area contributed by atoms with Crippen molar-refractivity contribution in [1.82, 2.24) is 14.6 Å². The van der Waals surface area contributed by atoms with Crippen LogP contribution in [0.3, 0.4) is 0 Å². The van der Waals surface area contributed by atoms with Crippen molar-refractivity contribution in [1.29, 1.82) is 0 Å². The number of anilines is 1. The molecule has 0 saturated heterocycles. The summed E-state index contributed by atoms with van der Waals surface area (Å²) in [7, 11) is 0. The SMILES string of the molecule is CC(Cl)CNc1nccn2nc(C(F)(F)F)cc12. The molecule has 98 valence electrons. The van der Waals surface area contributed by atoms with Crippen LogP contribution in [0.5, 0.6) is 0 Å². The summed E-state index contributed by atoms with van der Waals surface area (Å²) < 4.78 is 38.7. The molecule has 2 rings (SSSR count). The van der Waals surface area contributed by atoms with Crippen molar-refractivity contribution in [3.8, 4) is 0 Å². The molecule has 4 nitrogen and oxygen atoms in total. The smallest absolute Gasteiger partial charge is 0.367 e. The summed E-state index contributed by atoms with van der Waals surface area (Å²) in [6.45, 7) is 2.17. The van der Waals surface area contributed by atoms with E-state index >= 15 is 0 Å². The molecular formula is C10H10ClF3N4. The van der Waals surface area contributed by atoms with Gasteiger partial charge in [0, 0.05) is 30.4 Å². The first-order valence-corrected chi connectivity index (χ1v) is 5.61. The largest absolute Gasteiger partial charge is 0.435 e. The topological polar surface area (TPSA) is 42.2 Å². The fraction of sp³-hybridized carbons (Fsp3) is 0.400. The van der Waals surface area contributed by atoms with E-state index in [0.717, 1.165) is 10.6 Å².